The van der Waals surface area contributed by atoms with E-state index < -0.39 is 0 Å². The second-order valence-corrected chi connectivity index (χ2v) is 4.56. The largest absolute Gasteiger partial charge is 0.297 e. The van der Waals surface area contributed by atoms with Gasteiger partial charge in [-0.05, 0) is 12.1 Å². The van der Waals surface area contributed by atoms with Crippen LogP contribution < -0.4 is 0 Å². The first-order valence-corrected chi connectivity index (χ1v) is 5.75. The summed E-state index contributed by atoms with van der Waals surface area (Å²) in [5.41, 5.74) is 2.45. The molecular weight excluding hydrogens is 236 g/mol. The van der Waals surface area contributed by atoms with E-state index in [4.69, 9.17) is 0 Å². The summed E-state index contributed by atoms with van der Waals surface area (Å²) in [4.78, 5) is 31.5. The van der Waals surface area contributed by atoms with Crippen molar-refractivity contribution in [2.45, 2.75) is 0 Å². The molecule has 3 aromatic rings. The summed E-state index contributed by atoms with van der Waals surface area (Å²) in [6.07, 6.45) is 1.42. The molecule has 0 atom stereocenters. The molecule has 0 aliphatic rings. The Bertz CT molecular complexity index is 687. The van der Waals surface area contributed by atoms with Crippen LogP contribution in [-0.4, -0.2) is 22.5 Å². The molecule has 0 radical (unpaired) electrons. The second-order valence-electron chi connectivity index (χ2n) is 3.48. The van der Waals surface area contributed by atoms with Gasteiger partial charge >= 0.3 is 0 Å². The van der Waals surface area contributed by atoms with Crippen molar-refractivity contribution in [3.63, 3.8) is 0 Å². The molecule has 3 rings (SSSR count). The zero-order valence-electron chi connectivity index (χ0n) is 8.58. The summed E-state index contributed by atoms with van der Waals surface area (Å²) >= 11 is 1.12. The third kappa shape index (κ3) is 1.43. The minimum absolute atomic E-state index is 0.445. The van der Waals surface area contributed by atoms with E-state index in [1.54, 1.807) is 0 Å². The van der Waals surface area contributed by atoms with Gasteiger partial charge in [0.25, 0.3) is 0 Å². The van der Waals surface area contributed by atoms with Crippen molar-refractivity contribution in [2.24, 2.45) is 0 Å². The van der Waals surface area contributed by atoms with Crippen LogP contribution in [0.15, 0.2) is 24.3 Å². The molecule has 0 bridgehead atoms. The molecular formula is C12H6N2O2S. The average molecular weight is 242 g/mol. The fourth-order valence-electron chi connectivity index (χ4n) is 1.72. The highest BCUT2D eigenvalue weighted by Crippen LogP contribution is 2.27. The van der Waals surface area contributed by atoms with Crippen molar-refractivity contribution >= 4 is 46.0 Å². The molecule has 0 amide bonds. The van der Waals surface area contributed by atoms with Gasteiger partial charge in [-0.3, -0.25) is 9.59 Å². The van der Waals surface area contributed by atoms with Crippen LogP contribution in [0.4, 0.5) is 0 Å². The third-order valence-corrected chi connectivity index (χ3v) is 3.49. The number of aldehydes is 2. The molecule has 0 aliphatic carbocycles. The van der Waals surface area contributed by atoms with E-state index in [-0.39, 0.29) is 0 Å². The van der Waals surface area contributed by atoms with E-state index in [0.717, 1.165) is 22.4 Å². The first-order valence-electron chi connectivity index (χ1n) is 4.93. The van der Waals surface area contributed by atoms with Gasteiger partial charge in [0.1, 0.15) is 11.0 Å². The number of benzene rings is 1. The summed E-state index contributed by atoms with van der Waals surface area (Å²) in [6, 6.07) is 7.37. The van der Waals surface area contributed by atoms with Crippen LogP contribution in [0.3, 0.4) is 0 Å². The van der Waals surface area contributed by atoms with Crippen molar-refractivity contribution in [1.29, 1.82) is 0 Å². The molecule has 0 saturated carbocycles. The maximum absolute atomic E-state index is 10.9. The Morgan fingerprint density at radius 3 is 1.76 bits per heavy atom. The number of para-hydroxylation sites is 2. The topological polar surface area (TPSA) is 59.9 Å². The van der Waals surface area contributed by atoms with Crippen LogP contribution in [-0.2, 0) is 0 Å². The predicted molar refractivity (Wildman–Crippen MR) is 65.7 cm³/mol. The number of nitrogens with zero attached hydrogens (tertiary/aromatic N) is 2. The van der Waals surface area contributed by atoms with Crippen LogP contribution in [0.1, 0.15) is 19.3 Å². The predicted octanol–water partition coefficient (Wildman–Crippen LogP) is 2.47. The lowest BCUT2D eigenvalue weighted by atomic mass is 10.2. The molecule has 4 nitrogen and oxygen atoms in total. The molecule has 5 heteroatoms. The highest BCUT2D eigenvalue weighted by Gasteiger charge is 2.13. The minimum Gasteiger partial charge on any atom is -0.297 e. The zero-order valence-corrected chi connectivity index (χ0v) is 9.40. The Hall–Kier alpha value is -2.14. The van der Waals surface area contributed by atoms with Gasteiger partial charge in [-0.15, -0.1) is 11.3 Å². The van der Waals surface area contributed by atoms with Gasteiger partial charge in [-0.2, -0.15) is 0 Å². The van der Waals surface area contributed by atoms with Crippen molar-refractivity contribution in [3.8, 4) is 0 Å². The number of hydrogen-bond acceptors (Lipinski definition) is 5. The molecule has 2 heterocycles. The first-order chi connectivity index (χ1) is 8.33. The average Bonchev–Trinajstić information content (AvgIpc) is 2.73. The lowest BCUT2D eigenvalue weighted by molar-refractivity contribution is 0.112. The van der Waals surface area contributed by atoms with E-state index in [0.29, 0.717) is 33.4 Å². The summed E-state index contributed by atoms with van der Waals surface area (Å²) < 4.78 is 0. The number of rotatable bonds is 2. The Balaban J connectivity index is 2.52. The van der Waals surface area contributed by atoms with Crippen molar-refractivity contribution < 1.29 is 9.59 Å². The van der Waals surface area contributed by atoms with Crippen molar-refractivity contribution in [3.05, 3.63) is 34.0 Å². The van der Waals surface area contributed by atoms with Gasteiger partial charge in [0.15, 0.2) is 12.6 Å². The molecule has 1 aromatic carbocycles. The minimum atomic E-state index is 0.445. The van der Waals surface area contributed by atoms with E-state index in [9.17, 15) is 9.59 Å². The maximum atomic E-state index is 10.9. The fourth-order valence-corrected chi connectivity index (χ4v) is 2.53. The van der Waals surface area contributed by atoms with Crippen LogP contribution >= 0.6 is 11.3 Å². The van der Waals surface area contributed by atoms with Crippen LogP contribution in [0.25, 0.3) is 22.1 Å². The lowest BCUT2D eigenvalue weighted by Crippen LogP contribution is -1.87. The van der Waals surface area contributed by atoms with Crippen molar-refractivity contribution in [1.82, 2.24) is 9.97 Å². The molecule has 17 heavy (non-hydrogen) atoms. The van der Waals surface area contributed by atoms with Gasteiger partial charge in [0.2, 0.25) is 0 Å². The molecule has 0 unspecified atom stereocenters. The van der Waals surface area contributed by atoms with Crippen LogP contribution in [0, 0.1) is 0 Å². The summed E-state index contributed by atoms with van der Waals surface area (Å²) in [5.74, 6) is 0. The van der Waals surface area contributed by atoms with Gasteiger partial charge < -0.3 is 0 Å². The Kier molecular flexibility index (Phi) is 2.19. The quantitative estimate of drug-likeness (QED) is 0.648. The number of hydrogen-bond donors (Lipinski definition) is 0. The number of fused-ring (bicyclic) bond motifs is 2. The fraction of sp³-hybridized carbons (Fsp3) is 0. The summed E-state index contributed by atoms with van der Waals surface area (Å²) in [7, 11) is 0. The highest BCUT2D eigenvalue weighted by atomic mass is 32.1. The molecule has 0 spiro atoms. The Labute approximate surface area is 99.9 Å². The van der Waals surface area contributed by atoms with Gasteiger partial charge in [0, 0.05) is 0 Å². The van der Waals surface area contributed by atoms with Gasteiger partial charge in [-0.1, -0.05) is 12.1 Å². The monoisotopic (exact) mass is 242 g/mol. The second kappa shape index (κ2) is 3.71. The van der Waals surface area contributed by atoms with E-state index in [2.05, 4.69) is 9.97 Å². The zero-order chi connectivity index (χ0) is 11.8. The standard InChI is InChI=1S/C12H6N2O2S/c15-5-9-11-12(10(6-16)17-9)14-8-4-2-1-3-7(8)13-11/h1-6H. The highest BCUT2D eigenvalue weighted by molar-refractivity contribution is 7.17. The SMILES string of the molecule is O=Cc1sc(C=O)c2nc3ccccc3nc12. The summed E-state index contributed by atoms with van der Waals surface area (Å²) in [6.45, 7) is 0. The third-order valence-electron chi connectivity index (χ3n) is 2.47. The van der Waals surface area contributed by atoms with Crippen LogP contribution in [0.5, 0.6) is 0 Å². The van der Waals surface area contributed by atoms with E-state index in [1.807, 2.05) is 24.3 Å². The lowest BCUT2D eigenvalue weighted by Gasteiger charge is -1.96. The Morgan fingerprint density at radius 1 is 0.882 bits per heavy atom. The van der Waals surface area contributed by atoms with Crippen molar-refractivity contribution in [2.75, 3.05) is 0 Å². The molecule has 82 valence electrons. The Morgan fingerprint density at radius 2 is 1.35 bits per heavy atom. The normalized spacial score (nSPS) is 10.8. The molecule has 0 aliphatic heterocycles. The number of carbonyl (C=O) groups is 2. The molecule has 2 aromatic heterocycles. The van der Waals surface area contributed by atoms with Gasteiger partial charge in [-0.25, -0.2) is 9.97 Å². The molecule has 0 fully saturated rings. The van der Waals surface area contributed by atoms with E-state index >= 15 is 0 Å². The number of aromatic nitrogens is 2. The molecule has 0 N–H and O–H groups in total. The maximum Gasteiger partial charge on any atom is 0.162 e. The number of thiophene rings is 1. The smallest absolute Gasteiger partial charge is 0.162 e. The van der Waals surface area contributed by atoms with E-state index in [1.165, 1.54) is 0 Å². The number of carbonyl (C=O) groups excluding carboxylic acids is 2. The summed E-state index contributed by atoms with van der Waals surface area (Å²) in [5, 5.41) is 0. The van der Waals surface area contributed by atoms with Crippen LogP contribution in [0.2, 0.25) is 0 Å². The first kappa shape index (κ1) is 10.0. The van der Waals surface area contributed by atoms with Gasteiger partial charge in [0.05, 0.1) is 20.8 Å². The molecule has 0 saturated heterocycles.